The molecule has 0 aromatic heterocycles. The van der Waals surface area contributed by atoms with E-state index in [0.29, 0.717) is 0 Å². The van der Waals surface area contributed by atoms with Crippen LogP contribution < -0.4 is 10.1 Å². The Morgan fingerprint density at radius 2 is 1.90 bits per heavy atom. The number of carbonyl (C=O) groups is 1. The highest BCUT2D eigenvalue weighted by Gasteiger charge is 2.24. The lowest BCUT2D eigenvalue weighted by molar-refractivity contribution is -0.127. The van der Waals surface area contributed by atoms with Gasteiger partial charge in [-0.25, -0.2) is 0 Å². The zero-order valence-electron chi connectivity index (χ0n) is 12.7. The fourth-order valence-corrected chi connectivity index (χ4v) is 2.22. The summed E-state index contributed by atoms with van der Waals surface area (Å²) in [6.45, 7) is 6.83. The zero-order valence-corrected chi connectivity index (χ0v) is 12.7. The van der Waals surface area contributed by atoms with Gasteiger partial charge in [0.25, 0.3) is 0 Å². The average Bonchev–Trinajstić information content (AvgIpc) is 2.27. The van der Waals surface area contributed by atoms with E-state index in [1.54, 1.807) is 0 Å². The highest BCUT2D eigenvalue weighted by molar-refractivity contribution is 5.79. The molecule has 1 aromatic rings. The smallest absolute Gasteiger partial charge is 0.223 e. The van der Waals surface area contributed by atoms with E-state index in [4.69, 9.17) is 4.74 Å². The summed E-state index contributed by atoms with van der Waals surface area (Å²) in [5, 5.41) is 3.02. The lowest BCUT2D eigenvalue weighted by Crippen LogP contribution is -2.35. The van der Waals surface area contributed by atoms with Crippen LogP contribution in [-0.2, 0) is 11.2 Å². The Bertz CT molecular complexity index is 441. The number of ether oxygens (including phenoxy) is 1. The van der Waals surface area contributed by atoms with Crippen molar-refractivity contribution in [2.45, 2.75) is 52.1 Å². The van der Waals surface area contributed by atoms with Crippen LogP contribution >= 0.6 is 0 Å². The summed E-state index contributed by atoms with van der Waals surface area (Å²) < 4.78 is 5.78. The van der Waals surface area contributed by atoms with Crippen LogP contribution in [0.3, 0.4) is 0 Å². The molecule has 110 valence electrons. The third-order valence-corrected chi connectivity index (χ3v) is 3.54. The Morgan fingerprint density at radius 3 is 2.40 bits per heavy atom. The van der Waals surface area contributed by atoms with Crippen molar-refractivity contribution in [3.05, 3.63) is 29.8 Å². The number of amides is 1. The van der Waals surface area contributed by atoms with Crippen LogP contribution in [0.1, 0.15) is 45.6 Å². The Balaban J connectivity index is 1.74. The molecule has 0 atom stereocenters. The molecule has 1 fully saturated rings. The first-order valence-electron chi connectivity index (χ1n) is 7.50. The standard InChI is InChI=1S/C17H25NO2/c1-17(2,3)20-15-9-7-13(8-10-15)11-12-18-16(19)14-5-4-6-14/h7-10,14H,4-6,11-12H2,1-3H3,(H,18,19). The van der Waals surface area contributed by atoms with Crippen molar-refractivity contribution in [1.29, 1.82) is 0 Å². The average molecular weight is 275 g/mol. The highest BCUT2D eigenvalue weighted by atomic mass is 16.5. The van der Waals surface area contributed by atoms with Gasteiger partial charge in [-0.15, -0.1) is 0 Å². The normalized spacial score (nSPS) is 15.6. The third kappa shape index (κ3) is 4.55. The Hall–Kier alpha value is -1.51. The van der Waals surface area contributed by atoms with E-state index in [1.807, 2.05) is 32.9 Å². The van der Waals surface area contributed by atoms with E-state index >= 15 is 0 Å². The summed E-state index contributed by atoms with van der Waals surface area (Å²) in [5.41, 5.74) is 1.05. The van der Waals surface area contributed by atoms with Gasteiger partial charge in [-0.05, 0) is 57.7 Å². The molecule has 0 bridgehead atoms. The summed E-state index contributed by atoms with van der Waals surface area (Å²) >= 11 is 0. The lowest BCUT2D eigenvalue weighted by Gasteiger charge is -2.24. The topological polar surface area (TPSA) is 38.3 Å². The molecule has 3 heteroatoms. The second-order valence-electron chi connectivity index (χ2n) is 6.53. The predicted octanol–water partition coefficient (Wildman–Crippen LogP) is 3.32. The van der Waals surface area contributed by atoms with E-state index in [2.05, 4.69) is 17.4 Å². The molecule has 2 rings (SSSR count). The molecule has 0 radical (unpaired) electrons. The molecule has 20 heavy (non-hydrogen) atoms. The molecule has 1 N–H and O–H groups in total. The summed E-state index contributed by atoms with van der Waals surface area (Å²) in [5.74, 6) is 1.39. The van der Waals surface area contributed by atoms with E-state index in [9.17, 15) is 4.79 Å². The molecule has 1 amide bonds. The van der Waals surface area contributed by atoms with Gasteiger partial charge in [0.15, 0.2) is 0 Å². The van der Waals surface area contributed by atoms with E-state index in [0.717, 1.165) is 31.6 Å². The Kier molecular flexibility index (Phi) is 4.69. The number of benzene rings is 1. The summed E-state index contributed by atoms with van der Waals surface area (Å²) in [6, 6.07) is 8.12. The van der Waals surface area contributed by atoms with Gasteiger partial charge >= 0.3 is 0 Å². The number of hydrogen-bond acceptors (Lipinski definition) is 2. The van der Waals surface area contributed by atoms with Crippen molar-refractivity contribution < 1.29 is 9.53 Å². The van der Waals surface area contributed by atoms with Crippen LogP contribution in [0.25, 0.3) is 0 Å². The third-order valence-electron chi connectivity index (χ3n) is 3.54. The first-order chi connectivity index (χ1) is 9.44. The first-order valence-corrected chi connectivity index (χ1v) is 7.50. The molecule has 1 aliphatic rings. The molecule has 0 saturated heterocycles. The predicted molar refractivity (Wildman–Crippen MR) is 80.9 cm³/mol. The number of rotatable bonds is 5. The van der Waals surface area contributed by atoms with Gasteiger partial charge in [0.2, 0.25) is 5.91 Å². The molecule has 3 nitrogen and oxygen atoms in total. The largest absolute Gasteiger partial charge is 0.488 e. The van der Waals surface area contributed by atoms with E-state index < -0.39 is 0 Å². The van der Waals surface area contributed by atoms with Crippen molar-refractivity contribution in [3.8, 4) is 5.75 Å². The van der Waals surface area contributed by atoms with Gasteiger partial charge in [0, 0.05) is 12.5 Å². The van der Waals surface area contributed by atoms with Crippen LogP contribution in [-0.4, -0.2) is 18.1 Å². The molecule has 0 aliphatic heterocycles. The van der Waals surface area contributed by atoms with Crippen LogP contribution in [0.2, 0.25) is 0 Å². The Labute approximate surface area is 121 Å². The van der Waals surface area contributed by atoms with Gasteiger partial charge < -0.3 is 10.1 Å². The fraction of sp³-hybridized carbons (Fsp3) is 0.588. The van der Waals surface area contributed by atoms with E-state index in [1.165, 1.54) is 12.0 Å². The van der Waals surface area contributed by atoms with Crippen LogP contribution in [0.5, 0.6) is 5.75 Å². The minimum Gasteiger partial charge on any atom is -0.488 e. The highest BCUT2D eigenvalue weighted by Crippen LogP contribution is 2.26. The van der Waals surface area contributed by atoms with Crippen molar-refractivity contribution in [2.24, 2.45) is 5.92 Å². The summed E-state index contributed by atoms with van der Waals surface area (Å²) in [7, 11) is 0. The van der Waals surface area contributed by atoms with Gasteiger partial charge in [0.1, 0.15) is 11.4 Å². The van der Waals surface area contributed by atoms with Crippen molar-refractivity contribution in [2.75, 3.05) is 6.54 Å². The maximum atomic E-state index is 11.7. The van der Waals surface area contributed by atoms with Gasteiger partial charge in [-0.2, -0.15) is 0 Å². The second kappa shape index (κ2) is 6.29. The molecule has 0 spiro atoms. The van der Waals surface area contributed by atoms with Crippen LogP contribution in [0.4, 0.5) is 0 Å². The van der Waals surface area contributed by atoms with Crippen LogP contribution in [0.15, 0.2) is 24.3 Å². The first kappa shape index (κ1) is 14.9. The van der Waals surface area contributed by atoms with Crippen molar-refractivity contribution in [3.63, 3.8) is 0 Å². The minimum absolute atomic E-state index is 0.168. The second-order valence-corrected chi connectivity index (χ2v) is 6.53. The maximum absolute atomic E-state index is 11.7. The maximum Gasteiger partial charge on any atom is 0.223 e. The number of hydrogen-bond donors (Lipinski definition) is 1. The van der Waals surface area contributed by atoms with Crippen molar-refractivity contribution in [1.82, 2.24) is 5.32 Å². The van der Waals surface area contributed by atoms with Crippen molar-refractivity contribution >= 4 is 5.91 Å². The van der Waals surface area contributed by atoms with Gasteiger partial charge in [-0.1, -0.05) is 18.6 Å². The molecule has 0 heterocycles. The summed E-state index contributed by atoms with van der Waals surface area (Å²) in [4.78, 5) is 11.7. The van der Waals surface area contributed by atoms with Gasteiger partial charge in [-0.3, -0.25) is 4.79 Å². The van der Waals surface area contributed by atoms with E-state index in [-0.39, 0.29) is 17.4 Å². The fourth-order valence-electron chi connectivity index (χ4n) is 2.22. The quantitative estimate of drug-likeness (QED) is 0.895. The number of carbonyl (C=O) groups excluding carboxylic acids is 1. The molecular weight excluding hydrogens is 250 g/mol. The SMILES string of the molecule is CC(C)(C)Oc1ccc(CCNC(=O)C2CCC2)cc1. The Morgan fingerprint density at radius 1 is 1.25 bits per heavy atom. The molecule has 1 aliphatic carbocycles. The summed E-state index contributed by atoms with van der Waals surface area (Å²) in [6.07, 6.45) is 4.19. The van der Waals surface area contributed by atoms with Crippen LogP contribution in [0, 0.1) is 5.92 Å². The lowest BCUT2D eigenvalue weighted by atomic mass is 9.85. The molecule has 0 unspecified atom stereocenters. The monoisotopic (exact) mass is 275 g/mol. The molecule has 1 aromatic carbocycles. The zero-order chi connectivity index (χ0) is 14.6. The minimum atomic E-state index is -0.168. The van der Waals surface area contributed by atoms with Gasteiger partial charge in [0.05, 0.1) is 0 Å². The molecular formula is C17H25NO2. The molecule has 1 saturated carbocycles. The number of nitrogens with one attached hydrogen (secondary N) is 1.